The number of fused-ring (bicyclic) bond motifs is 1. The van der Waals surface area contributed by atoms with Gasteiger partial charge in [0, 0.05) is 29.8 Å². The van der Waals surface area contributed by atoms with Crippen molar-refractivity contribution in [1.29, 1.82) is 0 Å². The maximum Gasteiger partial charge on any atom is 0.277 e. The van der Waals surface area contributed by atoms with Gasteiger partial charge in [-0.2, -0.15) is 0 Å². The van der Waals surface area contributed by atoms with E-state index in [9.17, 15) is 9.90 Å². The Bertz CT molecular complexity index is 733. The third-order valence-corrected chi connectivity index (χ3v) is 3.80. The van der Waals surface area contributed by atoms with Gasteiger partial charge >= 0.3 is 0 Å². The molecule has 3 rings (SSSR count). The van der Waals surface area contributed by atoms with Crippen LogP contribution in [0.5, 0.6) is 5.75 Å². The maximum atomic E-state index is 11.9. The number of hydrogen-bond donors (Lipinski definition) is 1. The van der Waals surface area contributed by atoms with Crippen molar-refractivity contribution in [2.24, 2.45) is 4.99 Å². The standard InChI is InChI=1S/C18H18N2O2/c1-20(2)11-12-6-8-13(9-7-12)15-10-19-18(22)14-4-3-5-16(21)17(14)15/h3-10,15,21H,11H2,1-2H3. The molecule has 0 radical (unpaired) electrons. The highest BCUT2D eigenvalue weighted by Crippen LogP contribution is 2.35. The molecule has 2 aromatic carbocycles. The third kappa shape index (κ3) is 2.65. The summed E-state index contributed by atoms with van der Waals surface area (Å²) >= 11 is 0. The molecule has 4 heteroatoms. The quantitative estimate of drug-likeness (QED) is 0.947. The van der Waals surface area contributed by atoms with Crippen molar-refractivity contribution in [3.63, 3.8) is 0 Å². The summed E-state index contributed by atoms with van der Waals surface area (Å²) in [5.74, 6) is -0.354. The summed E-state index contributed by atoms with van der Waals surface area (Å²) in [4.78, 5) is 17.9. The molecule has 0 fully saturated rings. The van der Waals surface area contributed by atoms with Crippen LogP contribution in [0.15, 0.2) is 47.5 Å². The molecule has 0 saturated heterocycles. The summed E-state index contributed by atoms with van der Waals surface area (Å²) in [6.45, 7) is 0.874. The van der Waals surface area contributed by atoms with Crippen LogP contribution < -0.4 is 0 Å². The fraction of sp³-hybridized carbons (Fsp3) is 0.222. The van der Waals surface area contributed by atoms with Crippen molar-refractivity contribution in [2.45, 2.75) is 12.5 Å². The van der Waals surface area contributed by atoms with E-state index in [0.29, 0.717) is 11.1 Å². The molecule has 0 aliphatic carbocycles. The number of phenols is 1. The third-order valence-electron chi connectivity index (χ3n) is 3.80. The maximum absolute atomic E-state index is 11.9. The van der Waals surface area contributed by atoms with E-state index in [1.165, 1.54) is 5.56 Å². The van der Waals surface area contributed by atoms with Gasteiger partial charge in [-0.25, -0.2) is 4.99 Å². The molecule has 1 aliphatic heterocycles. The Kier molecular flexibility index (Phi) is 3.77. The first-order valence-electron chi connectivity index (χ1n) is 7.20. The smallest absolute Gasteiger partial charge is 0.277 e. The van der Waals surface area contributed by atoms with Crippen molar-refractivity contribution in [2.75, 3.05) is 14.1 Å². The lowest BCUT2D eigenvalue weighted by molar-refractivity contribution is 0.0999. The monoisotopic (exact) mass is 294 g/mol. The number of carbonyl (C=O) groups excluding carboxylic acids is 1. The van der Waals surface area contributed by atoms with Gasteiger partial charge in [0.15, 0.2) is 0 Å². The summed E-state index contributed by atoms with van der Waals surface area (Å²) in [6.07, 6.45) is 1.62. The SMILES string of the molecule is CN(C)Cc1ccc(C2C=NC(=O)c3cccc(O)c32)cc1. The minimum Gasteiger partial charge on any atom is -0.508 e. The molecule has 0 saturated carbocycles. The molecule has 1 unspecified atom stereocenters. The topological polar surface area (TPSA) is 52.9 Å². The first kappa shape index (κ1) is 14.5. The summed E-state index contributed by atoms with van der Waals surface area (Å²) in [5, 5.41) is 10.2. The summed E-state index contributed by atoms with van der Waals surface area (Å²) < 4.78 is 0. The second-order valence-corrected chi connectivity index (χ2v) is 5.78. The largest absolute Gasteiger partial charge is 0.508 e. The van der Waals surface area contributed by atoms with Crippen LogP contribution >= 0.6 is 0 Å². The molecule has 2 aromatic rings. The predicted molar refractivity (Wildman–Crippen MR) is 86.6 cm³/mol. The minimum absolute atomic E-state index is 0.138. The van der Waals surface area contributed by atoms with Crippen LogP contribution in [0, 0.1) is 0 Å². The Morgan fingerprint density at radius 1 is 1.14 bits per heavy atom. The van der Waals surface area contributed by atoms with Crippen molar-refractivity contribution in [1.82, 2.24) is 4.90 Å². The van der Waals surface area contributed by atoms with E-state index in [-0.39, 0.29) is 17.6 Å². The normalized spacial score (nSPS) is 16.9. The molecule has 1 N–H and O–H groups in total. The van der Waals surface area contributed by atoms with Crippen LogP contribution in [0.1, 0.15) is 33.0 Å². The van der Waals surface area contributed by atoms with Crippen LogP contribution in [-0.2, 0) is 6.54 Å². The molecule has 0 spiro atoms. The van der Waals surface area contributed by atoms with E-state index in [2.05, 4.69) is 22.0 Å². The number of carbonyl (C=O) groups is 1. The van der Waals surface area contributed by atoms with Crippen LogP contribution in [0.2, 0.25) is 0 Å². The van der Waals surface area contributed by atoms with Crippen LogP contribution in [0.3, 0.4) is 0 Å². The predicted octanol–water partition coefficient (Wildman–Crippen LogP) is 2.81. The van der Waals surface area contributed by atoms with Crippen LogP contribution in [0.4, 0.5) is 0 Å². The second kappa shape index (κ2) is 5.73. The summed E-state index contributed by atoms with van der Waals surface area (Å²) in [6, 6.07) is 13.2. The Morgan fingerprint density at radius 2 is 1.86 bits per heavy atom. The Morgan fingerprint density at radius 3 is 2.55 bits per heavy atom. The van der Waals surface area contributed by atoms with E-state index in [1.54, 1.807) is 24.4 Å². The average Bonchev–Trinajstić information content (AvgIpc) is 2.49. The van der Waals surface area contributed by atoms with Gasteiger partial charge in [0.2, 0.25) is 0 Å². The number of nitrogens with zero attached hydrogens (tertiary/aromatic N) is 2. The average molecular weight is 294 g/mol. The molecule has 0 bridgehead atoms. The van der Waals surface area contributed by atoms with Crippen LogP contribution in [-0.4, -0.2) is 36.2 Å². The second-order valence-electron chi connectivity index (χ2n) is 5.78. The molecule has 1 heterocycles. The highest BCUT2D eigenvalue weighted by molar-refractivity contribution is 6.06. The molecule has 4 nitrogen and oxygen atoms in total. The zero-order valence-corrected chi connectivity index (χ0v) is 12.7. The van der Waals surface area contributed by atoms with Gasteiger partial charge in [-0.15, -0.1) is 0 Å². The number of rotatable bonds is 3. The van der Waals surface area contributed by atoms with Gasteiger partial charge < -0.3 is 10.0 Å². The molecule has 112 valence electrons. The number of aromatic hydroxyl groups is 1. The van der Waals surface area contributed by atoms with Crippen LogP contribution in [0.25, 0.3) is 0 Å². The van der Waals surface area contributed by atoms with E-state index in [4.69, 9.17) is 0 Å². The zero-order chi connectivity index (χ0) is 15.7. The van der Waals surface area contributed by atoms with E-state index in [1.807, 2.05) is 26.2 Å². The van der Waals surface area contributed by atoms with Gasteiger partial charge in [0.25, 0.3) is 5.91 Å². The van der Waals surface area contributed by atoms with Gasteiger partial charge in [0.05, 0.1) is 0 Å². The van der Waals surface area contributed by atoms with Crippen molar-refractivity contribution < 1.29 is 9.90 Å². The molecule has 1 amide bonds. The van der Waals surface area contributed by atoms with Crippen molar-refractivity contribution in [3.8, 4) is 5.75 Å². The first-order valence-corrected chi connectivity index (χ1v) is 7.20. The van der Waals surface area contributed by atoms with Gasteiger partial charge in [-0.05, 0) is 37.4 Å². The van der Waals surface area contributed by atoms with Crippen molar-refractivity contribution >= 4 is 12.1 Å². The minimum atomic E-state index is -0.300. The molecular weight excluding hydrogens is 276 g/mol. The lowest BCUT2D eigenvalue weighted by Gasteiger charge is -2.21. The zero-order valence-electron chi connectivity index (χ0n) is 12.7. The lowest BCUT2D eigenvalue weighted by Crippen LogP contribution is -2.15. The molecule has 1 atom stereocenters. The first-order chi connectivity index (χ1) is 10.6. The Hall–Kier alpha value is -2.46. The van der Waals surface area contributed by atoms with E-state index >= 15 is 0 Å². The number of aliphatic imine (C=N–C) groups is 1. The number of hydrogen-bond acceptors (Lipinski definition) is 3. The summed E-state index contributed by atoms with van der Waals surface area (Å²) in [7, 11) is 4.06. The van der Waals surface area contributed by atoms with E-state index < -0.39 is 0 Å². The van der Waals surface area contributed by atoms with E-state index in [0.717, 1.165) is 12.1 Å². The number of phenolic OH excluding ortho intramolecular Hbond substituents is 1. The fourth-order valence-corrected chi connectivity index (χ4v) is 2.80. The van der Waals surface area contributed by atoms with Gasteiger partial charge in [-0.1, -0.05) is 30.3 Å². The number of amides is 1. The molecule has 1 aliphatic rings. The molecular formula is C18H18N2O2. The van der Waals surface area contributed by atoms with Crippen molar-refractivity contribution in [3.05, 3.63) is 64.7 Å². The molecule has 0 aromatic heterocycles. The van der Waals surface area contributed by atoms with Gasteiger partial charge in [-0.3, -0.25) is 4.79 Å². The summed E-state index contributed by atoms with van der Waals surface area (Å²) in [5.41, 5.74) is 3.35. The number of benzene rings is 2. The highest BCUT2D eigenvalue weighted by atomic mass is 16.3. The lowest BCUT2D eigenvalue weighted by atomic mass is 9.86. The Labute approximate surface area is 129 Å². The fourth-order valence-electron chi connectivity index (χ4n) is 2.80. The molecule has 22 heavy (non-hydrogen) atoms. The Balaban J connectivity index is 1.99. The van der Waals surface area contributed by atoms with Gasteiger partial charge in [0.1, 0.15) is 5.75 Å². The highest BCUT2D eigenvalue weighted by Gasteiger charge is 2.26.